The molecule has 0 amide bonds. The summed E-state index contributed by atoms with van der Waals surface area (Å²) >= 11 is 0. The van der Waals surface area contributed by atoms with Gasteiger partial charge in [-0.05, 0) is 55.9 Å². The van der Waals surface area contributed by atoms with Gasteiger partial charge in [-0.2, -0.15) is 4.91 Å². The second-order valence-electron chi connectivity index (χ2n) is 7.23. The van der Waals surface area contributed by atoms with Crippen LogP contribution in [0.2, 0.25) is 0 Å². The average Bonchev–Trinajstić information content (AvgIpc) is 2.41. The van der Waals surface area contributed by atoms with Crippen LogP contribution in [0.3, 0.4) is 0 Å². The summed E-state index contributed by atoms with van der Waals surface area (Å²) in [7, 11) is 0. The zero-order valence-corrected chi connectivity index (χ0v) is 14.6. The Morgan fingerprint density at radius 3 is 2.29 bits per heavy atom. The van der Waals surface area contributed by atoms with E-state index >= 15 is 0 Å². The largest absolute Gasteiger partial charge is 0.330 e. The van der Waals surface area contributed by atoms with E-state index in [4.69, 9.17) is 5.73 Å². The number of nitroso groups, excluding NO2 is 1. The van der Waals surface area contributed by atoms with Gasteiger partial charge >= 0.3 is 0 Å². The Bertz CT molecular complexity index is 281. The molecule has 0 aromatic heterocycles. The van der Waals surface area contributed by atoms with Crippen molar-refractivity contribution in [1.82, 2.24) is 0 Å². The number of hydrogen-bond donors (Lipinski definition) is 1. The molecule has 0 saturated heterocycles. The first-order valence-corrected chi connectivity index (χ1v) is 8.61. The van der Waals surface area contributed by atoms with Crippen LogP contribution in [0.1, 0.15) is 72.6 Å². The normalized spacial score (nSPS) is 15.3. The number of nitrogens with two attached hydrogens (primary N) is 1. The summed E-state index contributed by atoms with van der Waals surface area (Å²) in [5, 5.41) is 3.04. The second-order valence-corrected chi connectivity index (χ2v) is 7.23. The van der Waals surface area contributed by atoms with Crippen LogP contribution in [-0.2, 0) is 0 Å². The summed E-state index contributed by atoms with van der Waals surface area (Å²) in [6.07, 6.45) is 12.6. The zero-order valence-electron chi connectivity index (χ0n) is 14.6. The Morgan fingerprint density at radius 1 is 1.10 bits per heavy atom. The van der Waals surface area contributed by atoms with E-state index in [2.05, 4.69) is 45.0 Å². The van der Waals surface area contributed by atoms with E-state index in [1.165, 1.54) is 25.7 Å². The molecule has 0 rings (SSSR count). The van der Waals surface area contributed by atoms with Gasteiger partial charge in [0.25, 0.3) is 0 Å². The quantitative estimate of drug-likeness (QED) is 0.302. The lowest BCUT2D eigenvalue weighted by Gasteiger charge is -2.26. The van der Waals surface area contributed by atoms with Gasteiger partial charge < -0.3 is 5.73 Å². The van der Waals surface area contributed by atoms with Gasteiger partial charge in [-0.3, -0.25) is 0 Å². The fourth-order valence-electron chi connectivity index (χ4n) is 2.97. The minimum atomic E-state index is 0.275. The summed E-state index contributed by atoms with van der Waals surface area (Å²) in [5.74, 6) is 1.27. The number of unbranched alkanes of at least 4 members (excludes halogenated alkanes) is 1. The first-order valence-electron chi connectivity index (χ1n) is 8.61. The van der Waals surface area contributed by atoms with Gasteiger partial charge in [0.05, 0.1) is 6.54 Å². The fraction of sp³-hybridized carbons (Fsp3) is 0.889. The van der Waals surface area contributed by atoms with Crippen molar-refractivity contribution in [3.63, 3.8) is 0 Å². The highest BCUT2D eigenvalue weighted by molar-refractivity contribution is 4.92. The molecule has 2 unspecified atom stereocenters. The SMILES string of the molecule is CCCC(CCN=O)C(CCN)CCC/C=C\C(C)(C)C. The summed E-state index contributed by atoms with van der Waals surface area (Å²) in [5.41, 5.74) is 6.06. The van der Waals surface area contributed by atoms with E-state index in [1.54, 1.807) is 0 Å². The van der Waals surface area contributed by atoms with Crippen LogP contribution in [0.25, 0.3) is 0 Å². The summed E-state index contributed by atoms with van der Waals surface area (Å²) in [4.78, 5) is 10.4. The molecule has 0 aliphatic rings. The van der Waals surface area contributed by atoms with E-state index in [9.17, 15) is 4.91 Å². The average molecular weight is 296 g/mol. The van der Waals surface area contributed by atoms with Gasteiger partial charge in [-0.15, -0.1) is 0 Å². The number of nitrogens with zero attached hydrogens (tertiary/aromatic N) is 1. The molecule has 3 nitrogen and oxygen atoms in total. The van der Waals surface area contributed by atoms with E-state index in [1.807, 2.05) is 0 Å². The predicted octanol–water partition coefficient (Wildman–Crippen LogP) is 5.30. The van der Waals surface area contributed by atoms with Crippen molar-refractivity contribution in [2.75, 3.05) is 13.1 Å². The maximum Gasteiger partial charge on any atom is 0.0813 e. The molecular weight excluding hydrogens is 260 g/mol. The Kier molecular flexibility index (Phi) is 11.5. The Morgan fingerprint density at radius 2 is 1.76 bits per heavy atom. The number of allylic oxidation sites excluding steroid dienone is 2. The third kappa shape index (κ3) is 11.6. The first kappa shape index (κ1) is 20.3. The van der Waals surface area contributed by atoms with Crippen LogP contribution in [0.4, 0.5) is 0 Å². The topological polar surface area (TPSA) is 55.5 Å². The molecule has 21 heavy (non-hydrogen) atoms. The van der Waals surface area contributed by atoms with Crippen molar-refractivity contribution in [2.45, 2.75) is 72.6 Å². The lowest BCUT2D eigenvalue weighted by Crippen LogP contribution is -2.19. The van der Waals surface area contributed by atoms with E-state index in [-0.39, 0.29) is 5.41 Å². The van der Waals surface area contributed by atoms with Gasteiger partial charge in [-0.1, -0.05) is 57.9 Å². The standard InChI is InChI=1S/C18H36N2O/c1-5-9-16(12-15-20-21)17(11-14-19)10-7-6-8-13-18(2,3)4/h8,13,16-17H,5-7,9-12,14-15,19H2,1-4H3/b13-8-. The summed E-state index contributed by atoms with van der Waals surface area (Å²) in [6, 6.07) is 0. The Labute approximate surface area is 131 Å². The molecule has 2 N–H and O–H groups in total. The van der Waals surface area contributed by atoms with Gasteiger partial charge in [0.15, 0.2) is 0 Å². The lowest BCUT2D eigenvalue weighted by molar-refractivity contribution is 0.262. The van der Waals surface area contributed by atoms with Crippen molar-refractivity contribution in [1.29, 1.82) is 0 Å². The van der Waals surface area contributed by atoms with Crippen LogP contribution >= 0.6 is 0 Å². The zero-order chi connectivity index (χ0) is 16.1. The minimum absolute atomic E-state index is 0.275. The molecule has 0 spiro atoms. The molecule has 124 valence electrons. The van der Waals surface area contributed by atoms with Gasteiger partial charge in [0, 0.05) is 0 Å². The third-order valence-electron chi connectivity index (χ3n) is 4.02. The molecular formula is C18H36N2O. The predicted molar refractivity (Wildman–Crippen MR) is 93.3 cm³/mol. The molecule has 2 atom stereocenters. The fourth-order valence-corrected chi connectivity index (χ4v) is 2.97. The first-order chi connectivity index (χ1) is 9.94. The summed E-state index contributed by atoms with van der Waals surface area (Å²) in [6.45, 7) is 10.1. The molecule has 0 fully saturated rings. The lowest BCUT2D eigenvalue weighted by atomic mass is 9.80. The van der Waals surface area contributed by atoms with Gasteiger partial charge in [0.1, 0.15) is 0 Å². The number of rotatable bonds is 12. The third-order valence-corrected chi connectivity index (χ3v) is 4.02. The highest BCUT2D eigenvalue weighted by atomic mass is 16.3. The summed E-state index contributed by atoms with van der Waals surface area (Å²) < 4.78 is 0. The highest BCUT2D eigenvalue weighted by Crippen LogP contribution is 2.29. The minimum Gasteiger partial charge on any atom is -0.330 e. The molecule has 0 bridgehead atoms. The second kappa shape index (κ2) is 11.9. The van der Waals surface area contributed by atoms with E-state index < -0.39 is 0 Å². The van der Waals surface area contributed by atoms with Crippen molar-refractivity contribution in [3.05, 3.63) is 17.1 Å². The maximum atomic E-state index is 10.4. The number of hydrogen-bond acceptors (Lipinski definition) is 3. The van der Waals surface area contributed by atoms with Crippen molar-refractivity contribution in [3.8, 4) is 0 Å². The van der Waals surface area contributed by atoms with Crippen molar-refractivity contribution in [2.24, 2.45) is 28.2 Å². The van der Waals surface area contributed by atoms with E-state index in [0.717, 1.165) is 25.8 Å². The molecule has 0 aliphatic heterocycles. The molecule has 0 aliphatic carbocycles. The molecule has 0 aromatic rings. The van der Waals surface area contributed by atoms with Crippen molar-refractivity contribution >= 4 is 0 Å². The molecule has 0 saturated carbocycles. The molecule has 3 heteroatoms. The van der Waals surface area contributed by atoms with E-state index in [0.29, 0.717) is 18.4 Å². The molecule has 0 heterocycles. The highest BCUT2D eigenvalue weighted by Gasteiger charge is 2.19. The monoisotopic (exact) mass is 296 g/mol. The Hall–Kier alpha value is -0.700. The van der Waals surface area contributed by atoms with Gasteiger partial charge in [-0.25, -0.2) is 0 Å². The van der Waals surface area contributed by atoms with Gasteiger partial charge in [0.2, 0.25) is 0 Å². The van der Waals surface area contributed by atoms with Crippen LogP contribution in [0, 0.1) is 22.2 Å². The van der Waals surface area contributed by atoms with Crippen LogP contribution < -0.4 is 5.73 Å². The Balaban J connectivity index is 4.30. The smallest absolute Gasteiger partial charge is 0.0813 e. The maximum absolute atomic E-state index is 10.4. The van der Waals surface area contributed by atoms with Crippen molar-refractivity contribution < 1.29 is 0 Å². The van der Waals surface area contributed by atoms with Crippen LogP contribution in [0.5, 0.6) is 0 Å². The van der Waals surface area contributed by atoms with Crippen LogP contribution in [-0.4, -0.2) is 13.1 Å². The molecule has 0 aromatic carbocycles. The molecule has 0 radical (unpaired) electrons. The van der Waals surface area contributed by atoms with Crippen LogP contribution in [0.15, 0.2) is 17.3 Å².